The summed E-state index contributed by atoms with van der Waals surface area (Å²) in [6, 6.07) is 27.1. The first-order valence-electron chi connectivity index (χ1n) is 13.4. The highest BCUT2D eigenvalue weighted by molar-refractivity contribution is 5.92. The molecule has 0 aromatic heterocycles. The molecule has 0 bridgehead atoms. The second kappa shape index (κ2) is 11.8. The van der Waals surface area contributed by atoms with E-state index in [9.17, 15) is 19.8 Å². The number of carbonyl (C=O) groups excluding carboxylic acids is 1. The van der Waals surface area contributed by atoms with Crippen LogP contribution in [-0.2, 0) is 22.4 Å². The van der Waals surface area contributed by atoms with Crippen molar-refractivity contribution in [3.63, 3.8) is 0 Å². The highest BCUT2D eigenvalue weighted by Gasteiger charge is 2.46. The van der Waals surface area contributed by atoms with E-state index in [2.05, 4.69) is 29.6 Å². The molecule has 0 saturated carbocycles. The van der Waals surface area contributed by atoms with Crippen molar-refractivity contribution in [2.24, 2.45) is 5.41 Å². The highest BCUT2D eigenvalue weighted by atomic mass is 16.6. The molecule has 1 amide bonds. The number of hydrogen-bond donors (Lipinski definition) is 3. The van der Waals surface area contributed by atoms with Gasteiger partial charge in [-0.05, 0) is 59.9 Å². The van der Waals surface area contributed by atoms with E-state index in [4.69, 9.17) is 4.74 Å². The lowest BCUT2D eigenvalue weighted by atomic mass is 9.70. The number of benzene rings is 3. The number of rotatable bonds is 9. The summed E-state index contributed by atoms with van der Waals surface area (Å²) in [7, 11) is 0. The van der Waals surface area contributed by atoms with Gasteiger partial charge >= 0.3 is 12.1 Å². The maximum absolute atomic E-state index is 13.8. The Bertz CT molecular complexity index is 1280. The number of carbonyl (C=O) groups is 2. The minimum absolute atomic E-state index is 0.0453. The monoisotopic (exact) mass is 527 g/mol. The van der Waals surface area contributed by atoms with Gasteiger partial charge in [-0.15, -0.1) is 0 Å². The van der Waals surface area contributed by atoms with E-state index in [1.807, 2.05) is 63.2 Å². The van der Waals surface area contributed by atoms with Crippen molar-refractivity contribution in [1.82, 2.24) is 0 Å². The van der Waals surface area contributed by atoms with Gasteiger partial charge < -0.3 is 14.9 Å². The molecule has 1 atom stereocenters. The fourth-order valence-electron chi connectivity index (χ4n) is 5.55. The van der Waals surface area contributed by atoms with Crippen LogP contribution in [0.5, 0.6) is 0 Å². The van der Waals surface area contributed by atoms with E-state index >= 15 is 0 Å². The first-order chi connectivity index (χ1) is 18.6. The molecular formula is C33H37NO5. The van der Waals surface area contributed by atoms with Crippen LogP contribution in [0.1, 0.15) is 62.6 Å². The maximum atomic E-state index is 13.8. The third kappa shape index (κ3) is 7.08. The van der Waals surface area contributed by atoms with E-state index in [0.717, 1.165) is 29.5 Å². The average molecular weight is 528 g/mol. The summed E-state index contributed by atoms with van der Waals surface area (Å²) in [5, 5.41) is 23.1. The Kier molecular flexibility index (Phi) is 8.44. The van der Waals surface area contributed by atoms with Gasteiger partial charge in [-0.3, -0.25) is 5.32 Å². The summed E-state index contributed by atoms with van der Waals surface area (Å²) >= 11 is 0. The number of ether oxygens (including phenoxy) is 1. The third-order valence-corrected chi connectivity index (χ3v) is 7.38. The Hall–Kier alpha value is -4.06. The number of hydrogen-bond acceptors (Lipinski definition) is 4. The van der Waals surface area contributed by atoms with Crippen molar-refractivity contribution in [3.8, 4) is 0 Å². The number of nitrogens with one attached hydrogen (secondary N) is 1. The van der Waals surface area contributed by atoms with Crippen molar-refractivity contribution in [2.75, 3.05) is 5.32 Å². The van der Waals surface area contributed by atoms with Gasteiger partial charge in [0.05, 0.1) is 5.57 Å². The molecule has 6 nitrogen and oxygen atoms in total. The zero-order chi connectivity index (χ0) is 28.0. The molecule has 39 heavy (non-hydrogen) atoms. The molecule has 0 saturated heterocycles. The lowest BCUT2D eigenvalue weighted by Crippen LogP contribution is -2.43. The first-order valence-corrected chi connectivity index (χ1v) is 13.4. The van der Waals surface area contributed by atoms with Gasteiger partial charge in [0.15, 0.2) is 0 Å². The summed E-state index contributed by atoms with van der Waals surface area (Å²) < 4.78 is 6.33. The van der Waals surface area contributed by atoms with Crippen LogP contribution in [0.15, 0.2) is 96.3 Å². The number of aryl methyl sites for hydroxylation is 2. The lowest BCUT2D eigenvalue weighted by molar-refractivity contribution is -0.161. The Morgan fingerprint density at radius 2 is 1.49 bits per heavy atom. The molecule has 4 rings (SSSR count). The van der Waals surface area contributed by atoms with Crippen LogP contribution in [0, 0.1) is 5.41 Å². The zero-order valence-electron chi connectivity index (χ0n) is 22.8. The molecule has 3 N–H and O–H groups in total. The van der Waals surface area contributed by atoms with E-state index in [1.165, 1.54) is 0 Å². The molecule has 1 unspecified atom stereocenters. The minimum atomic E-state index is -1.17. The van der Waals surface area contributed by atoms with Crippen molar-refractivity contribution >= 4 is 17.7 Å². The Morgan fingerprint density at radius 3 is 1.97 bits per heavy atom. The number of aliphatic hydroxyl groups excluding tert-OH is 1. The minimum Gasteiger partial charge on any atom is -0.512 e. The molecule has 204 valence electrons. The van der Waals surface area contributed by atoms with Crippen LogP contribution in [0.25, 0.3) is 0 Å². The standard InChI is InChI=1S/C33H37NO5/c1-32(2,3)29(25-15-10-16-26(21-25)34-31(37)38)28-27(35)22-33(39-30(28)36,19-17-23-11-6-4-7-12-23)20-18-24-13-8-5-9-14-24/h4-16,21,29,34-35H,17-20,22H2,1-3H3,(H,37,38). The van der Waals surface area contributed by atoms with Crippen molar-refractivity contribution in [3.05, 3.63) is 113 Å². The van der Waals surface area contributed by atoms with Crippen LogP contribution < -0.4 is 5.32 Å². The van der Waals surface area contributed by atoms with Gasteiger partial charge in [0.25, 0.3) is 0 Å². The van der Waals surface area contributed by atoms with Crippen LogP contribution in [-0.4, -0.2) is 27.9 Å². The number of aliphatic hydroxyl groups is 1. The Balaban J connectivity index is 1.69. The molecule has 1 aliphatic heterocycles. The summed E-state index contributed by atoms with van der Waals surface area (Å²) in [6.45, 7) is 5.99. The first kappa shape index (κ1) is 28.0. The normalized spacial score (nSPS) is 15.9. The molecule has 0 fully saturated rings. The maximum Gasteiger partial charge on any atom is 0.409 e. The van der Waals surface area contributed by atoms with E-state index in [-0.39, 0.29) is 17.8 Å². The van der Waals surface area contributed by atoms with E-state index in [1.54, 1.807) is 18.2 Å². The largest absolute Gasteiger partial charge is 0.512 e. The van der Waals surface area contributed by atoms with Gasteiger partial charge in [-0.25, -0.2) is 9.59 Å². The second-order valence-electron chi connectivity index (χ2n) is 11.4. The lowest BCUT2D eigenvalue weighted by Gasteiger charge is -2.41. The van der Waals surface area contributed by atoms with Crippen LogP contribution in [0.4, 0.5) is 10.5 Å². The van der Waals surface area contributed by atoms with Crippen molar-refractivity contribution in [2.45, 2.75) is 64.4 Å². The fourth-order valence-corrected chi connectivity index (χ4v) is 5.55. The summed E-state index contributed by atoms with van der Waals surface area (Å²) in [6.07, 6.45) is 1.68. The fraction of sp³-hybridized carbons (Fsp3) is 0.333. The molecule has 1 heterocycles. The van der Waals surface area contributed by atoms with E-state index in [0.29, 0.717) is 18.5 Å². The molecule has 0 aliphatic carbocycles. The second-order valence-corrected chi connectivity index (χ2v) is 11.4. The molecule has 1 aliphatic rings. The smallest absolute Gasteiger partial charge is 0.409 e. The molecule has 3 aromatic carbocycles. The summed E-state index contributed by atoms with van der Waals surface area (Å²) in [4.78, 5) is 25.0. The molecule has 0 radical (unpaired) electrons. The van der Waals surface area contributed by atoms with E-state index < -0.39 is 29.0 Å². The Labute approximate surface area is 230 Å². The third-order valence-electron chi connectivity index (χ3n) is 7.38. The van der Waals surface area contributed by atoms with Gasteiger partial charge in [-0.1, -0.05) is 93.6 Å². The van der Waals surface area contributed by atoms with Gasteiger partial charge in [0, 0.05) is 18.0 Å². The van der Waals surface area contributed by atoms with Crippen LogP contribution in [0.2, 0.25) is 0 Å². The molecule has 3 aromatic rings. The molecule has 0 spiro atoms. The zero-order valence-corrected chi connectivity index (χ0v) is 22.8. The topological polar surface area (TPSA) is 95.9 Å². The molecule has 6 heteroatoms. The Morgan fingerprint density at radius 1 is 0.923 bits per heavy atom. The van der Waals surface area contributed by atoms with Gasteiger partial charge in [0.1, 0.15) is 11.4 Å². The van der Waals surface area contributed by atoms with Crippen LogP contribution in [0.3, 0.4) is 0 Å². The SMILES string of the molecule is CC(C)(C)C(C1=C(O)CC(CCc2ccccc2)(CCc2ccccc2)OC1=O)c1cccc(NC(=O)O)c1. The van der Waals surface area contributed by atoms with Crippen molar-refractivity contribution < 1.29 is 24.5 Å². The van der Waals surface area contributed by atoms with Gasteiger partial charge in [0.2, 0.25) is 0 Å². The van der Waals surface area contributed by atoms with Crippen molar-refractivity contribution in [1.29, 1.82) is 0 Å². The highest BCUT2D eigenvalue weighted by Crippen LogP contribution is 2.47. The predicted octanol–water partition coefficient (Wildman–Crippen LogP) is 7.67. The number of anilines is 1. The summed E-state index contributed by atoms with van der Waals surface area (Å²) in [5.74, 6) is -0.970. The number of amides is 1. The number of esters is 1. The average Bonchev–Trinajstić information content (AvgIpc) is 2.89. The number of cyclic esters (lactones) is 1. The van der Waals surface area contributed by atoms with Crippen LogP contribution >= 0.6 is 0 Å². The predicted molar refractivity (Wildman–Crippen MR) is 153 cm³/mol. The molecular weight excluding hydrogens is 490 g/mol. The quantitative estimate of drug-likeness (QED) is 0.248. The number of carboxylic acid groups (broad SMARTS) is 1. The van der Waals surface area contributed by atoms with Gasteiger partial charge in [-0.2, -0.15) is 0 Å². The summed E-state index contributed by atoms with van der Waals surface area (Å²) in [5.41, 5.74) is 2.37.